The Morgan fingerprint density at radius 1 is 1.35 bits per heavy atom. The third kappa shape index (κ3) is 5.04. The molecule has 0 aromatic heterocycles. The lowest BCUT2D eigenvalue weighted by Gasteiger charge is -2.19. The molecule has 0 radical (unpaired) electrons. The van der Waals surface area contributed by atoms with E-state index in [4.69, 9.17) is 11.6 Å². The highest BCUT2D eigenvalue weighted by Gasteiger charge is 2.17. The molecule has 1 unspecified atom stereocenters. The average molecular weight is 322 g/mol. The van der Waals surface area contributed by atoms with Gasteiger partial charge in [-0.15, -0.1) is 0 Å². The van der Waals surface area contributed by atoms with E-state index >= 15 is 0 Å². The van der Waals surface area contributed by atoms with Gasteiger partial charge in [-0.3, -0.25) is 0 Å². The van der Waals surface area contributed by atoms with Gasteiger partial charge < -0.3 is 5.32 Å². The molecular formula is C14H21ClFNO2S. The third-order valence-corrected chi connectivity index (χ3v) is 5.28. The molecule has 0 fully saturated rings. The maximum Gasteiger partial charge on any atom is 0.150 e. The molecule has 3 nitrogen and oxygen atoms in total. The molecule has 0 saturated heterocycles. The number of rotatable bonds is 8. The first-order chi connectivity index (χ1) is 9.41. The van der Waals surface area contributed by atoms with Gasteiger partial charge in [0.2, 0.25) is 0 Å². The Morgan fingerprint density at radius 2 is 2.05 bits per heavy atom. The molecule has 1 aromatic rings. The van der Waals surface area contributed by atoms with Gasteiger partial charge in [0.1, 0.15) is 15.7 Å². The van der Waals surface area contributed by atoms with E-state index < -0.39 is 15.7 Å². The second kappa shape index (κ2) is 7.96. The molecule has 0 aliphatic carbocycles. The first-order valence-electron chi connectivity index (χ1n) is 6.79. The molecule has 114 valence electrons. The van der Waals surface area contributed by atoms with Crippen molar-refractivity contribution in [1.82, 2.24) is 5.32 Å². The third-order valence-electron chi connectivity index (χ3n) is 3.20. The Kier molecular flexibility index (Phi) is 6.92. The summed E-state index contributed by atoms with van der Waals surface area (Å²) in [6, 6.07) is 4.67. The Morgan fingerprint density at radius 3 is 2.65 bits per heavy atom. The maximum atomic E-state index is 14.0. The molecule has 0 spiro atoms. The van der Waals surface area contributed by atoms with Crippen LogP contribution in [0.1, 0.15) is 38.3 Å². The molecule has 1 atom stereocenters. The Balaban J connectivity index is 2.77. The number of benzene rings is 1. The lowest BCUT2D eigenvalue weighted by molar-refractivity contribution is 0.480. The van der Waals surface area contributed by atoms with Gasteiger partial charge in [0.15, 0.2) is 0 Å². The fourth-order valence-corrected chi connectivity index (χ4v) is 3.13. The van der Waals surface area contributed by atoms with Crippen molar-refractivity contribution in [3.63, 3.8) is 0 Å². The molecule has 6 heteroatoms. The summed E-state index contributed by atoms with van der Waals surface area (Å²) >= 11 is 5.79. The molecule has 1 rings (SSSR count). The van der Waals surface area contributed by atoms with Crippen molar-refractivity contribution in [2.75, 3.05) is 18.1 Å². The van der Waals surface area contributed by atoms with Crippen LogP contribution in [0, 0.1) is 5.82 Å². The van der Waals surface area contributed by atoms with Crippen molar-refractivity contribution in [2.45, 2.75) is 32.7 Å². The van der Waals surface area contributed by atoms with Crippen LogP contribution in [0.15, 0.2) is 18.2 Å². The molecule has 0 saturated carbocycles. The van der Waals surface area contributed by atoms with E-state index in [0.29, 0.717) is 24.9 Å². The van der Waals surface area contributed by atoms with Crippen molar-refractivity contribution in [2.24, 2.45) is 0 Å². The maximum absolute atomic E-state index is 14.0. The van der Waals surface area contributed by atoms with Gasteiger partial charge in [0.05, 0.1) is 10.8 Å². The number of halogens is 2. The van der Waals surface area contributed by atoms with Crippen molar-refractivity contribution >= 4 is 21.4 Å². The standard InChI is InChI=1S/C14H21ClFNO2S/c1-3-17-13(9-6-10-20(18,19)4-2)11-7-5-8-12(15)14(11)16/h5,7-8,13,17H,3-4,6,9-10H2,1-2H3. The van der Waals surface area contributed by atoms with Gasteiger partial charge in [0, 0.05) is 17.4 Å². The second-order valence-electron chi connectivity index (χ2n) is 4.63. The molecule has 20 heavy (non-hydrogen) atoms. The van der Waals surface area contributed by atoms with Crippen LogP contribution in [0.4, 0.5) is 4.39 Å². The van der Waals surface area contributed by atoms with E-state index in [1.54, 1.807) is 19.1 Å². The van der Waals surface area contributed by atoms with Gasteiger partial charge in [-0.05, 0) is 25.5 Å². The zero-order chi connectivity index (χ0) is 15.2. The fraction of sp³-hybridized carbons (Fsp3) is 0.571. The SMILES string of the molecule is CCNC(CCCS(=O)(=O)CC)c1cccc(Cl)c1F. The Hall–Kier alpha value is -0.650. The quantitative estimate of drug-likeness (QED) is 0.798. The van der Waals surface area contributed by atoms with Gasteiger partial charge >= 0.3 is 0 Å². The lowest BCUT2D eigenvalue weighted by Crippen LogP contribution is -2.23. The minimum Gasteiger partial charge on any atom is -0.310 e. The van der Waals surface area contributed by atoms with Crippen molar-refractivity contribution in [3.05, 3.63) is 34.6 Å². The van der Waals surface area contributed by atoms with E-state index in [2.05, 4.69) is 5.32 Å². The molecular weight excluding hydrogens is 301 g/mol. The van der Waals surface area contributed by atoms with E-state index in [9.17, 15) is 12.8 Å². The van der Waals surface area contributed by atoms with E-state index in [0.717, 1.165) is 0 Å². The summed E-state index contributed by atoms with van der Waals surface area (Å²) in [5.41, 5.74) is 0.494. The summed E-state index contributed by atoms with van der Waals surface area (Å²) in [7, 11) is -2.98. The van der Waals surface area contributed by atoms with Crippen LogP contribution in [0.5, 0.6) is 0 Å². The summed E-state index contributed by atoms with van der Waals surface area (Å²) < 4.78 is 37.0. The number of nitrogens with one attached hydrogen (secondary N) is 1. The molecule has 1 N–H and O–H groups in total. The molecule has 0 heterocycles. The summed E-state index contributed by atoms with van der Waals surface area (Å²) in [5.74, 6) is -0.156. The van der Waals surface area contributed by atoms with E-state index in [-0.39, 0.29) is 22.6 Å². The smallest absolute Gasteiger partial charge is 0.150 e. The summed E-state index contributed by atoms with van der Waals surface area (Å²) in [4.78, 5) is 0. The summed E-state index contributed by atoms with van der Waals surface area (Å²) in [6.45, 7) is 4.24. The van der Waals surface area contributed by atoms with Crippen molar-refractivity contribution in [1.29, 1.82) is 0 Å². The minimum absolute atomic E-state index is 0.0894. The van der Waals surface area contributed by atoms with Crippen LogP contribution in [0.25, 0.3) is 0 Å². The van der Waals surface area contributed by atoms with Gasteiger partial charge in [-0.25, -0.2) is 12.8 Å². The monoisotopic (exact) mass is 321 g/mol. The Bertz CT molecular complexity index is 534. The number of hydrogen-bond donors (Lipinski definition) is 1. The van der Waals surface area contributed by atoms with Crippen LogP contribution in [0.3, 0.4) is 0 Å². The average Bonchev–Trinajstić information content (AvgIpc) is 2.41. The van der Waals surface area contributed by atoms with Crippen LogP contribution < -0.4 is 5.32 Å². The largest absolute Gasteiger partial charge is 0.310 e. The zero-order valence-electron chi connectivity index (χ0n) is 11.8. The van der Waals surface area contributed by atoms with Crippen LogP contribution in [0.2, 0.25) is 5.02 Å². The Labute approximate surface area is 125 Å². The predicted octanol–water partition coefficient (Wildman–Crippen LogP) is 3.34. The topological polar surface area (TPSA) is 46.2 Å². The van der Waals surface area contributed by atoms with E-state index in [1.165, 1.54) is 6.07 Å². The zero-order valence-corrected chi connectivity index (χ0v) is 13.4. The second-order valence-corrected chi connectivity index (χ2v) is 7.51. The van der Waals surface area contributed by atoms with E-state index in [1.807, 2.05) is 6.92 Å². The van der Waals surface area contributed by atoms with Gasteiger partial charge in [0.25, 0.3) is 0 Å². The normalized spacial score (nSPS) is 13.4. The highest BCUT2D eigenvalue weighted by atomic mass is 35.5. The summed E-state index contributed by atoms with van der Waals surface area (Å²) in [6.07, 6.45) is 1.06. The molecule has 0 amide bonds. The first-order valence-corrected chi connectivity index (χ1v) is 8.99. The number of hydrogen-bond acceptors (Lipinski definition) is 3. The van der Waals surface area contributed by atoms with Crippen molar-refractivity contribution < 1.29 is 12.8 Å². The number of sulfone groups is 1. The van der Waals surface area contributed by atoms with Crippen molar-refractivity contribution in [3.8, 4) is 0 Å². The molecule has 0 aliphatic rings. The molecule has 0 aliphatic heterocycles. The van der Waals surface area contributed by atoms with Crippen LogP contribution in [-0.2, 0) is 9.84 Å². The highest BCUT2D eigenvalue weighted by molar-refractivity contribution is 7.91. The minimum atomic E-state index is -2.98. The van der Waals surface area contributed by atoms with Crippen LogP contribution in [-0.4, -0.2) is 26.5 Å². The predicted molar refractivity (Wildman–Crippen MR) is 81.4 cm³/mol. The lowest BCUT2D eigenvalue weighted by atomic mass is 10.0. The van der Waals surface area contributed by atoms with Gasteiger partial charge in [-0.2, -0.15) is 0 Å². The highest BCUT2D eigenvalue weighted by Crippen LogP contribution is 2.26. The van der Waals surface area contributed by atoms with Gasteiger partial charge in [-0.1, -0.05) is 37.6 Å². The molecule has 1 aromatic carbocycles. The first kappa shape index (κ1) is 17.4. The molecule has 0 bridgehead atoms. The summed E-state index contributed by atoms with van der Waals surface area (Å²) in [5, 5.41) is 3.27. The fourth-order valence-electron chi connectivity index (χ4n) is 2.06. The van der Waals surface area contributed by atoms with Crippen LogP contribution >= 0.6 is 11.6 Å².